The van der Waals surface area contributed by atoms with Crippen LogP contribution in [0.2, 0.25) is 0 Å². The topological polar surface area (TPSA) is 65.7 Å². The minimum atomic E-state index is -0.562. The molecular weight excluding hydrogens is 208 g/mol. The van der Waals surface area contributed by atoms with Crippen molar-refractivity contribution in [2.75, 3.05) is 40.0 Å². The van der Waals surface area contributed by atoms with Crippen LogP contribution in [0.15, 0.2) is 0 Å². The van der Waals surface area contributed by atoms with Gasteiger partial charge in [0.25, 0.3) is 0 Å². The van der Waals surface area contributed by atoms with Crippen LogP contribution >= 0.6 is 0 Å². The fourth-order valence-electron chi connectivity index (χ4n) is 1.31. The molecule has 0 aliphatic heterocycles. The molecule has 16 heavy (non-hydrogen) atoms. The Hall–Kier alpha value is -0.670. The number of rotatable bonds is 9. The molecular formula is C11H22N2O3. The van der Waals surface area contributed by atoms with Crippen molar-refractivity contribution in [1.82, 2.24) is 4.90 Å². The normalized spacial score (nSPS) is 14.8. The van der Waals surface area contributed by atoms with Crippen LogP contribution in [0, 0.1) is 11.3 Å². The Morgan fingerprint density at radius 2 is 2.12 bits per heavy atom. The van der Waals surface area contributed by atoms with Gasteiger partial charge in [0.2, 0.25) is 0 Å². The number of nitrogens with zero attached hydrogens (tertiary/aromatic N) is 2. The minimum Gasteiger partial charge on any atom is -0.389 e. The Morgan fingerprint density at radius 3 is 2.62 bits per heavy atom. The number of nitriles is 1. The first-order valence-electron chi connectivity index (χ1n) is 5.51. The van der Waals surface area contributed by atoms with Gasteiger partial charge >= 0.3 is 0 Å². The predicted molar refractivity (Wildman–Crippen MR) is 61.0 cm³/mol. The molecule has 0 aliphatic carbocycles. The van der Waals surface area contributed by atoms with E-state index in [1.165, 1.54) is 0 Å². The molecule has 0 saturated heterocycles. The Balaban J connectivity index is 3.71. The summed E-state index contributed by atoms with van der Waals surface area (Å²) >= 11 is 0. The van der Waals surface area contributed by atoms with Crippen molar-refractivity contribution in [3.8, 4) is 6.07 Å². The van der Waals surface area contributed by atoms with E-state index in [0.717, 1.165) is 6.54 Å². The molecule has 0 radical (unpaired) electrons. The zero-order valence-corrected chi connectivity index (χ0v) is 10.3. The zero-order chi connectivity index (χ0) is 12.4. The molecule has 2 atom stereocenters. The molecule has 0 fully saturated rings. The molecule has 5 nitrogen and oxygen atoms in total. The lowest BCUT2D eigenvalue weighted by Gasteiger charge is -2.22. The summed E-state index contributed by atoms with van der Waals surface area (Å²) in [6.45, 7) is 6.18. The van der Waals surface area contributed by atoms with E-state index >= 15 is 0 Å². The van der Waals surface area contributed by atoms with E-state index in [4.69, 9.17) is 14.7 Å². The highest BCUT2D eigenvalue weighted by Gasteiger charge is 2.11. The number of hydrogen-bond acceptors (Lipinski definition) is 5. The van der Waals surface area contributed by atoms with Gasteiger partial charge in [-0.2, -0.15) is 5.26 Å². The average Bonchev–Trinajstić information content (AvgIpc) is 2.26. The molecule has 0 aromatic rings. The van der Waals surface area contributed by atoms with Crippen LogP contribution in [0.1, 0.15) is 13.8 Å². The maximum Gasteiger partial charge on any atom is 0.0900 e. The third kappa shape index (κ3) is 7.60. The first-order chi connectivity index (χ1) is 7.63. The Labute approximate surface area is 97.6 Å². The molecule has 2 unspecified atom stereocenters. The predicted octanol–water partition coefficient (Wildman–Crippen LogP) is 0.244. The zero-order valence-electron chi connectivity index (χ0n) is 10.3. The number of methoxy groups -OCH3 is 1. The van der Waals surface area contributed by atoms with E-state index < -0.39 is 6.10 Å². The lowest BCUT2D eigenvalue weighted by Crippen LogP contribution is -2.36. The summed E-state index contributed by atoms with van der Waals surface area (Å²) in [5.41, 5.74) is 0. The first kappa shape index (κ1) is 15.3. The van der Waals surface area contributed by atoms with Gasteiger partial charge in [-0.3, -0.25) is 4.90 Å². The van der Waals surface area contributed by atoms with Crippen molar-refractivity contribution in [2.45, 2.75) is 26.1 Å². The highest BCUT2D eigenvalue weighted by atomic mass is 16.5. The summed E-state index contributed by atoms with van der Waals surface area (Å²) in [7, 11) is 1.61. The van der Waals surface area contributed by atoms with Crippen LogP contribution in [0.25, 0.3) is 0 Å². The quantitative estimate of drug-likeness (QED) is 0.575. The summed E-state index contributed by atoms with van der Waals surface area (Å²) in [4.78, 5) is 1.87. The van der Waals surface area contributed by atoms with E-state index in [9.17, 15) is 5.11 Å². The summed E-state index contributed by atoms with van der Waals surface area (Å²) < 4.78 is 10.3. The molecule has 0 bridgehead atoms. The summed E-state index contributed by atoms with van der Waals surface area (Å²) in [5, 5.41) is 18.2. The van der Waals surface area contributed by atoms with Gasteiger partial charge in [-0.05, 0) is 13.5 Å². The summed E-state index contributed by atoms with van der Waals surface area (Å²) in [6.07, 6.45) is -0.585. The Kier molecular flexibility index (Phi) is 9.15. The highest BCUT2D eigenvalue weighted by Crippen LogP contribution is 1.97. The second-order valence-corrected chi connectivity index (χ2v) is 3.74. The van der Waals surface area contributed by atoms with Gasteiger partial charge < -0.3 is 14.6 Å². The molecule has 0 amide bonds. The molecule has 0 rings (SSSR count). The minimum absolute atomic E-state index is 0.0225. The van der Waals surface area contributed by atoms with Crippen LogP contribution in [-0.2, 0) is 9.47 Å². The van der Waals surface area contributed by atoms with Gasteiger partial charge in [0.15, 0.2) is 0 Å². The van der Waals surface area contributed by atoms with Gasteiger partial charge in [-0.25, -0.2) is 0 Å². The molecule has 5 heteroatoms. The smallest absolute Gasteiger partial charge is 0.0900 e. The third-order valence-corrected chi connectivity index (χ3v) is 2.18. The SMILES string of the molecule is CCN(CC#N)CC(O)COC(C)COC. The number of likely N-dealkylation sites (N-methyl/N-ethyl adjacent to an activating group) is 1. The number of aliphatic hydroxyl groups is 1. The Bertz CT molecular complexity index is 206. The van der Waals surface area contributed by atoms with E-state index in [1.54, 1.807) is 7.11 Å². The van der Waals surface area contributed by atoms with Gasteiger partial charge in [0.05, 0.1) is 38.0 Å². The average molecular weight is 230 g/mol. The molecule has 0 heterocycles. The third-order valence-electron chi connectivity index (χ3n) is 2.18. The van der Waals surface area contributed by atoms with Crippen molar-refractivity contribution < 1.29 is 14.6 Å². The van der Waals surface area contributed by atoms with E-state index in [2.05, 4.69) is 6.07 Å². The summed E-state index contributed by atoms with van der Waals surface area (Å²) in [6, 6.07) is 2.06. The highest BCUT2D eigenvalue weighted by molar-refractivity contribution is 4.77. The van der Waals surface area contributed by atoms with Gasteiger partial charge in [-0.1, -0.05) is 6.92 Å². The fourth-order valence-corrected chi connectivity index (χ4v) is 1.31. The van der Waals surface area contributed by atoms with Gasteiger partial charge in [0.1, 0.15) is 0 Å². The van der Waals surface area contributed by atoms with Crippen LogP contribution in [0.5, 0.6) is 0 Å². The second kappa shape index (κ2) is 9.55. The maximum atomic E-state index is 9.68. The van der Waals surface area contributed by atoms with Gasteiger partial charge in [-0.15, -0.1) is 0 Å². The van der Waals surface area contributed by atoms with Crippen LogP contribution in [0.3, 0.4) is 0 Å². The maximum absolute atomic E-state index is 9.68. The lowest BCUT2D eigenvalue weighted by atomic mass is 10.3. The monoisotopic (exact) mass is 230 g/mol. The van der Waals surface area contributed by atoms with Crippen molar-refractivity contribution in [3.05, 3.63) is 0 Å². The fraction of sp³-hybridized carbons (Fsp3) is 0.909. The standard InChI is InChI=1S/C11H22N2O3/c1-4-13(6-5-12)7-11(14)9-16-10(2)8-15-3/h10-11,14H,4,6-9H2,1-3H3. The second-order valence-electron chi connectivity index (χ2n) is 3.74. The lowest BCUT2D eigenvalue weighted by molar-refractivity contribution is -0.0385. The molecule has 0 aliphatic rings. The van der Waals surface area contributed by atoms with Crippen molar-refractivity contribution >= 4 is 0 Å². The molecule has 0 spiro atoms. The van der Waals surface area contributed by atoms with E-state index in [1.807, 2.05) is 18.7 Å². The number of aliphatic hydroxyl groups excluding tert-OH is 1. The molecule has 0 aromatic carbocycles. The van der Waals surface area contributed by atoms with Gasteiger partial charge in [0, 0.05) is 13.7 Å². The van der Waals surface area contributed by atoms with Crippen molar-refractivity contribution in [2.24, 2.45) is 0 Å². The molecule has 0 aromatic heterocycles. The first-order valence-corrected chi connectivity index (χ1v) is 5.51. The van der Waals surface area contributed by atoms with Crippen molar-refractivity contribution in [3.63, 3.8) is 0 Å². The summed E-state index contributed by atoms with van der Waals surface area (Å²) in [5.74, 6) is 0. The van der Waals surface area contributed by atoms with Crippen LogP contribution in [-0.4, -0.2) is 62.2 Å². The number of ether oxygens (including phenoxy) is 2. The van der Waals surface area contributed by atoms with E-state index in [0.29, 0.717) is 19.7 Å². The largest absolute Gasteiger partial charge is 0.389 e. The molecule has 0 saturated carbocycles. The van der Waals surface area contributed by atoms with Crippen LogP contribution in [0.4, 0.5) is 0 Å². The van der Waals surface area contributed by atoms with Crippen molar-refractivity contribution in [1.29, 1.82) is 5.26 Å². The molecule has 94 valence electrons. The molecule has 1 N–H and O–H groups in total. The Morgan fingerprint density at radius 1 is 1.44 bits per heavy atom. The van der Waals surface area contributed by atoms with Crippen LogP contribution < -0.4 is 0 Å². The van der Waals surface area contributed by atoms with E-state index in [-0.39, 0.29) is 12.7 Å². The number of hydrogen-bond donors (Lipinski definition) is 1.